The number of anilines is 1. The van der Waals surface area contributed by atoms with Crippen molar-refractivity contribution in [1.29, 1.82) is 0 Å². The minimum Gasteiger partial charge on any atom is -0.369 e. The standard InChI is InChI=1S/C29H28N2/c1-3-9-24(10-4-1)25-15-17-26(18-16-25)29-14-8-7-11-27(29)23-30-19-21-31(22-20-30)28-12-5-2-6-13-28/h1-18H,19-23H2. The summed E-state index contributed by atoms with van der Waals surface area (Å²) in [4.78, 5) is 5.07. The fourth-order valence-electron chi connectivity index (χ4n) is 4.46. The molecule has 4 aromatic rings. The lowest BCUT2D eigenvalue weighted by atomic mass is 9.96. The van der Waals surface area contributed by atoms with Crippen molar-refractivity contribution in [2.75, 3.05) is 31.1 Å². The van der Waals surface area contributed by atoms with Gasteiger partial charge in [0.15, 0.2) is 0 Å². The highest BCUT2D eigenvalue weighted by Gasteiger charge is 2.18. The van der Waals surface area contributed by atoms with Crippen molar-refractivity contribution in [3.8, 4) is 22.3 Å². The predicted octanol–water partition coefficient (Wildman–Crippen LogP) is 6.34. The second-order valence-electron chi connectivity index (χ2n) is 8.20. The molecule has 5 rings (SSSR count). The van der Waals surface area contributed by atoms with Gasteiger partial charge < -0.3 is 4.90 Å². The zero-order valence-corrected chi connectivity index (χ0v) is 17.8. The van der Waals surface area contributed by atoms with Crippen LogP contribution in [0.4, 0.5) is 5.69 Å². The van der Waals surface area contributed by atoms with E-state index in [2.05, 4.69) is 119 Å². The summed E-state index contributed by atoms with van der Waals surface area (Å²) in [6.45, 7) is 5.35. The van der Waals surface area contributed by atoms with E-state index in [1.54, 1.807) is 0 Å². The van der Waals surface area contributed by atoms with E-state index in [1.165, 1.54) is 33.5 Å². The molecule has 154 valence electrons. The van der Waals surface area contributed by atoms with Crippen molar-refractivity contribution >= 4 is 5.69 Å². The molecule has 1 saturated heterocycles. The number of piperazine rings is 1. The first kappa shape index (κ1) is 19.6. The van der Waals surface area contributed by atoms with Crippen LogP contribution in [0.15, 0.2) is 109 Å². The summed E-state index contributed by atoms with van der Waals surface area (Å²) in [6, 6.07) is 39.2. The Bertz CT molecular complexity index is 1100. The van der Waals surface area contributed by atoms with Crippen molar-refractivity contribution in [2.24, 2.45) is 0 Å². The van der Waals surface area contributed by atoms with Gasteiger partial charge in [-0.1, -0.05) is 97.1 Å². The number of nitrogens with zero attached hydrogens (tertiary/aromatic N) is 2. The van der Waals surface area contributed by atoms with Crippen LogP contribution in [0.25, 0.3) is 22.3 Å². The lowest BCUT2D eigenvalue weighted by Crippen LogP contribution is -2.46. The molecule has 0 bridgehead atoms. The van der Waals surface area contributed by atoms with Crippen LogP contribution in [0.5, 0.6) is 0 Å². The summed E-state index contributed by atoms with van der Waals surface area (Å²) >= 11 is 0. The maximum Gasteiger partial charge on any atom is 0.0367 e. The number of hydrogen-bond acceptors (Lipinski definition) is 2. The molecular weight excluding hydrogens is 376 g/mol. The number of para-hydroxylation sites is 1. The fourth-order valence-corrected chi connectivity index (χ4v) is 4.46. The SMILES string of the molecule is c1ccc(-c2ccc(-c3ccccc3CN3CCN(c4ccccc4)CC3)cc2)cc1. The molecule has 31 heavy (non-hydrogen) atoms. The molecule has 2 nitrogen and oxygen atoms in total. The van der Waals surface area contributed by atoms with Crippen LogP contribution in [0.2, 0.25) is 0 Å². The Morgan fingerprint density at radius 1 is 0.484 bits per heavy atom. The van der Waals surface area contributed by atoms with E-state index >= 15 is 0 Å². The van der Waals surface area contributed by atoms with E-state index in [-0.39, 0.29) is 0 Å². The van der Waals surface area contributed by atoms with Crippen LogP contribution >= 0.6 is 0 Å². The second kappa shape index (κ2) is 9.20. The normalized spacial score (nSPS) is 14.5. The Balaban J connectivity index is 1.29. The van der Waals surface area contributed by atoms with E-state index in [1.807, 2.05) is 0 Å². The molecule has 0 N–H and O–H groups in total. The van der Waals surface area contributed by atoms with Gasteiger partial charge in [-0.3, -0.25) is 4.90 Å². The van der Waals surface area contributed by atoms with Crippen LogP contribution in [0, 0.1) is 0 Å². The van der Waals surface area contributed by atoms with E-state index < -0.39 is 0 Å². The minimum atomic E-state index is 0.999. The number of rotatable bonds is 5. The second-order valence-corrected chi connectivity index (χ2v) is 8.20. The van der Waals surface area contributed by atoms with Gasteiger partial charge in [-0.2, -0.15) is 0 Å². The van der Waals surface area contributed by atoms with Gasteiger partial charge in [0.25, 0.3) is 0 Å². The molecule has 1 fully saturated rings. The smallest absolute Gasteiger partial charge is 0.0367 e. The third-order valence-corrected chi connectivity index (χ3v) is 6.21. The molecule has 2 heteroatoms. The monoisotopic (exact) mass is 404 g/mol. The molecule has 0 amide bonds. The highest BCUT2D eigenvalue weighted by molar-refractivity contribution is 5.72. The highest BCUT2D eigenvalue weighted by atomic mass is 15.3. The first-order valence-electron chi connectivity index (χ1n) is 11.1. The Morgan fingerprint density at radius 3 is 1.74 bits per heavy atom. The largest absolute Gasteiger partial charge is 0.369 e. The summed E-state index contributed by atoms with van der Waals surface area (Å²) in [6.07, 6.45) is 0. The average molecular weight is 405 g/mol. The van der Waals surface area contributed by atoms with Crippen LogP contribution in [0.1, 0.15) is 5.56 Å². The fraction of sp³-hybridized carbons (Fsp3) is 0.172. The number of hydrogen-bond donors (Lipinski definition) is 0. The topological polar surface area (TPSA) is 6.48 Å². The van der Waals surface area contributed by atoms with Crippen LogP contribution in [0.3, 0.4) is 0 Å². The van der Waals surface area contributed by atoms with E-state index in [0.29, 0.717) is 0 Å². The first-order chi connectivity index (χ1) is 15.4. The summed E-state index contributed by atoms with van der Waals surface area (Å²) in [5.41, 5.74) is 7.90. The molecule has 1 aliphatic heterocycles. The summed E-state index contributed by atoms with van der Waals surface area (Å²) in [5, 5.41) is 0. The maximum atomic E-state index is 2.58. The molecule has 1 heterocycles. The van der Waals surface area contributed by atoms with Crippen molar-refractivity contribution in [1.82, 2.24) is 4.90 Å². The molecule has 0 atom stereocenters. The number of benzene rings is 4. The van der Waals surface area contributed by atoms with E-state index in [0.717, 1.165) is 32.7 Å². The van der Waals surface area contributed by atoms with Crippen LogP contribution in [-0.2, 0) is 6.54 Å². The van der Waals surface area contributed by atoms with Crippen molar-refractivity contribution in [3.05, 3.63) is 115 Å². The minimum absolute atomic E-state index is 0.999. The van der Waals surface area contributed by atoms with Gasteiger partial charge in [0.1, 0.15) is 0 Å². The summed E-state index contributed by atoms with van der Waals surface area (Å²) in [7, 11) is 0. The van der Waals surface area contributed by atoms with Gasteiger partial charge in [-0.25, -0.2) is 0 Å². The van der Waals surface area contributed by atoms with E-state index in [9.17, 15) is 0 Å². The van der Waals surface area contributed by atoms with Gasteiger partial charge in [-0.05, 0) is 39.9 Å². The molecular formula is C29H28N2. The summed E-state index contributed by atoms with van der Waals surface area (Å²) < 4.78 is 0. The Labute approximate surface area is 185 Å². The maximum absolute atomic E-state index is 2.58. The first-order valence-corrected chi connectivity index (χ1v) is 11.1. The molecule has 0 unspecified atom stereocenters. The molecule has 0 radical (unpaired) electrons. The Kier molecular flexibility index (Phi) is 5.81. The third-order valence-electron chi connectivity index (χ3n) is 6.21. The lowest BCUT2D eigenvalue weighted by molar-refractivity contribution is 0.250. The van der Waals surface area contributed by atoms with E-state index in [4.69, 9.17) is 0 Å². The van der Waals surface area contributed by atoms with Crippen molar-refractivity contribution in [2.45, 2.75) is 6.54 Å². The molecule has 0 saturated carbocycles. The van der Waals surface area contributed by atoms with Gasteiger partial charge in [0.2, 0.25) is 0 Å². The highest BCUT2D eigenvalue weighted by Crippen LogP contribution is 2.28. The molecule has 0 aromatic heterocycles. The van der Waals surface area contributed by atoms with Crippen LogP contribution in [-0.4, -0.2) is 31.1 Å². The van der Waals surface area contributed by atoms with Crippen molar-refractivity contribution in [3.63, 3.8) is 0 Å². The molecule has 0 spiro atoms. The third kappa shape index (κ3) is 4.55. The quantitative estimate of drug-likeness (QED) is 0.383. The Morgan fingerprint density at radius 2 is 1.03 bits per heavy atom. The zero-order chi connectivity index (χ0) is 20.9. The van der Waals surface area contributed by atoms with Crippen LogP contribution < -0.4 is 4.90 Å². The molecule has 4 aromatic carbocycles. The van der Waals surface area contributed by atoms with Gasteiger partial charge in [0.05, 0.1) is 0 Å². The summed E-state index contributed by atoms with van der Waals surface area (Å²) in [5.74, 6) is 0. The van der Waals surface area contributed by atoms with Gasteiger partial charge >= 0.3 is 0 Å². The zero-order valence-electron chi connectivity index (χ0n) is 17.8. The van der Waals surface area contributed by atoms with Gasteiger partial charge in [0, 0.05) is 38.4 Å². The molecule has 0 aliphatic carbocycles. The molecule has 1 aliphatic rings. The predicted molar refractivity (Wildman–Crippen MR) is 131 cm³/mol. The Hall–Kier alpha value is -3.36. The lowest BCUT2D eigenvalue weighted by Gasteiger charge is -2.36. The van der Waals surface area contributed by atoms with Crippen molar-refractivity contribution < 1.29 is 0 Å². The van der Waals surface area contributed by atoms with Gasteiger partial charge in [-0.15, -0.1) is 0 Å². The average Bonchev–Trinajstić information content (AvgIpc) is 2.86.